The van der Waals surface area contributed by atoms with Crippen molar-refractivity contribution in [2.45, 2.75) is 46.0 Å². The van der Waals surface area contributed by atoms with Gasteiger partial charge in [0.2, 0.25) is 11.9 Å². The van der Waals surface area contributed by atoms with Crippen molar-refractivity contribution >= 4 is 0 Å². The molecule has 1 aromatic heterocycles. The van der Waals surface area contributed by atoms with Crippen molar-refractivity contribution in [2.24, 2.45) is 0 Å². The molecular formula is C13H22NO+. The standard InChI is InChI=1S/C13H22NO/c1-3-5-6-7-10-13-11-8-9-12-14(13)15-4-2/h8-9,11-12H,3-7,10H2,1-2H3/q+1. The van der Waals surface area contributed by atoms with Crippen molar-refractivity contribution < 1.29 is 9.57 Å². The van der Waals surface area contributed by atoms with Gasteiger partial charge in [0.25, 0.3) is 0 Å². The summed E-state index contributed by atoms with van der Waals surface area (Å²) >= 11 is 0. The van der Waals surface area contributed by atoms with Crippen LogP contribution in [0, 0.1) is 0 Å². The molecule has 84 valence electrons. The third-order valence-corrected chi connectivity index (χ3v) is 2.46. The lowest BCUT2D eigenvalue weighted by Crippen LogP contribution is -2.45. The van der Waals surface area contributed by atoms with Crippen LogP contribution in [-0.4, -0.2) is 6.61 Å². The van der Waals surface area contributed by atoms with Crippen LogP contribution in [0.4, 0.5) is 0 Å². The summed E-state index contributed by atoms with van der Waals surface area (Å²) in [5, 5.41) is 0. The molecule has 2 heteroatoms. The number of hydrogen-bond acceptors (Lipinski definition) is 1. The lowest BCUT2D eigenvalue weighted by atomic mass is 10.1. The predicted octanol–water partition coefficient (Wildman–Crippen LogP) is 2.55. The lowest BCUT2D eigenvalue weighted by molar-refractivity contribution is -0.895. The first-order chi connectivity index (χ1) is 7.38. The van der Waals surface area contributed by atoms with E-state index >= 15 is 0 Å². The Morgan fingerprint density at radius 2 is 2.00 bits per heavy atom. The fourth-order valence-electron chi connectivity index (χ4n) is 1.66. The van der Waals surface area contributed by atoms with Gasteiger partial charge >= 0.3 is 0 Å². The maximum Gasteiger partial charge on any atom is 0.234 e. The van der Waals surface area contributed by atoms with E-state index in [0.717, 1.165) is 13.0 Å². The first kappa shape index (κ1) is 12.0. The van der Waals surface area contributed by atoms with Gasteiger partial charge in [-0.05, 0) is 19.4 Å². The van der Waals surface area contributed by atoms with E-state index in [4.69, 9.17) is 4.84 Å². The largest absolute Gasteiger partial charge is 0.271 e. The molecule has 0 saturated heterocycles. The zero-order chi connectivity index (χ0) is 10.9. The van der Waals surface area contributed by atoms with Crippen molar-refractivity contribution in [3.63, 3.8) is 0 Å². The van der Waals surface area contributed by atoms with Crippen LogP contribution >= 0.6 is 0 Å². The molecule has 1 rings (SSSR count). The fraction of sp³-hybridized carbons (Fsp3) is 0.615. The average molecular weight is 208 g/mol. The Bertz CT molecular complexity index is 273. The molecule has 0 radical (unpaired) electrons. The number of aromatic nitrogens is 1. The van der Waals surface area contributed by atoms with E-state index in [1.54, 1.807) is 0 Å². The molecule has 0 bridgehead atoms. The van der Waals surface area contributed by atoms with Crippen LogP contribution in [0.1, 0.15) is 45.2 Å². The zero-order valence-electron chi connectivity index (χ0n) is 9.91. The fourth-order valence-corrected chi connectivity index (χ4v) is 1.66. The maximum atomic E-state index is 5.51. The van der Waals surface area contributed by atoms with E-state index < -0.39 is 0 Å². The van der Waals surface area contributed by atoms with E-state index in [-0.39, 0.29) is 0 Å². The van der Waals surface area contributed by atoms with E-state index in [2.05, 4.69) is 19.1 Å². The first-order valence-electron chi connectivity index (χ1n) is 6.01. The number of aryl methyl sites for hydroxylation is 1. The molecule has 0 aliphatic heterocycles. The Balaban J connectivity index is 2.44. The minimum atomic E-state index is 0.719. The van der Waals surface area contributed by atoms with Gasteiger partial charge in [-0.25, -0.2) is 0 Å². The van der Waals surface area contributed by atoms with Gasteiger partial charge in [0.05, 0.1) is 0 Å². The topological polar surface area (TPSA) is 13.1 Å². The molecule has 0 spiro atoms. The Morgan fingerprint density at radius 3 is 2.73 bits per heavy atom. The molecule has 2 nitrogen and oxygen atoms in total. The Hall–Kier alpha value is -1.05. The monoisotopic (exact) mass is 208 g/mol. The number of rotatable bonds is 7. The summed E-state index contributed by atoms with van der Waals surface area (Å²) in [4.78, 5) is 5.51. The van der Waals surface area contributed by atoms with Gasteiger partial charge in [-0.15, -0.1) is 0 Å². The molecule has 1 aromatic rings. The highest BCUT2D eigenvalue weighted by molar-refractivity contribution is 4.96. The molecule has 0 saturated carbocycles. The van der Waals surface area contributed by atoms with Crippen molar-refractivity contribution in [3.05, 3.63) is 30.1 Å². The highest BCUT2D eigenvalue weighted by Gasteiger charge is 2.09. The summed E-state index contributed by atoms with van der Waals surface area (Å²) in [5.74, 6) is 0. The summed E-state index contributed by atoms with van der Waals surface area (Å²) in [6, 6.07) is 6.22. The van der Waals surface area contributed by atoms with Crippen LogP contribution in [0.15, 0.2) is 24.4 Å². The SMILES string of the molecule is CCCCCCc1cccc[n+]1OCC. The van der Waals surface area contributed by atoms with Gasteiger partial charge in [-0.1, -0.05) is 26.2 Å². The van der Waals surface area contributed by atoms with E-state index in [9.17, 15) is 0 Å². The lowest BCUT2D eigenvalue weighted by Gasteiger charge is -2.01. The van der Waals surface area contributed by atoms with Crippen molar-refractivity contribution in [3.8, 4) is 0 Å². The molecule has 0 amide bonds. The Labute approximate surface area is 92.8 Å². The van der Waals surface area contributed by atoms with Gasteiger partial charge in [-0.3, -0.25) is 4.84 Å². The van der Waals surface area contributed by atoms with Crippen molar-refractivity contribution in [1.29, 1.82) is 0 Å². The molecule has 0 aliphatic carbocycles. The molecule has 0 aliphatic rings. The third-order valence-electron chi connectivity index (χ3n) is 2.46. The number of unbranched alkanes of at least 4 members (excludes halogenated alkanes) is 3. The predicted molar refractivity (Wildman–Crippen MR) is 61.6 cm³/mol. The molecular weight excluding hydrogens is 186 g/mol. The Morgan fingerprint density at radius 1 is 1.13 bits per heavy atom. The van der Waals surface area contributed by atoms with Crippen LogP contribution in [-0.2, 0) is 6.42 Å². The zero-order valence-corrected chi connectivity index (χ0v) is 9.91. The summed E-state index contributed by atoms with van der Waals surface area (Å²) in [6.07, 6.45) is 8.30. The molecule has 15 heavy (non-hydrogen) atoms. The van der Waals surface area contributed by atoms with Crippen LogP contribution < -0.4 is 9.57 Å². The van der Waals surface area contributed by atoms with Gasteiger partial charge in [-0.2, -0.15) is 0 Å². The molecule has 1 heterocycles. The molecule has 0 fully saturated rings. The summed E-state index contributed by atoms with van der Waals surface area (Å²) in [7, 11) is 0. The smallest absolute Gasteiger partial charge is 0.234 e. The summed E-state index contributed by atoms with van der Waals surface area (Å²) in [6.45, 7) is 4.97. The second kappa shape index (κ2) is 7.27. The van der Waals surface area contributed by atoms with Crippen LogP contribution in [0.2, 0.25) is 0 Å². The normalized spacial score (nSPS) is 10.3. The second-order valence-corrected chi connectivity index (χ2v) is 3.75. The average Bonchev–Trinajstić information content (AvgIpc) is 2.27. The first-order valence-corrected chi connectivity index (χ1v) is 6.01. The quantitative estimate of drug-likeness (QED) is 0.496. The van der Waals surface area contributed by atoms with Gasteiger partial charge < -0.3 is 0 Å². The third kappa shape index (κ3) is 4.32. The van der Waals surface area contributed by atoms with Gasteiger partial charge in [0.1, 0.15) is 0 Å². The van der Waals surface area contributed by atoms with E-state index in [1.807, 2.05) is 23.9 Å². The summed E-state index contributed by atoms with van der Waals surface area (Å²) in [5.41, 5.74) is 1.27. The van der Waals surface area contributed by atoms with Crippen molar-refractivity contribution in [2.75, 3.05) is 6.61 Å². The van der Waals surface area contributed by atoms with Crippen LogP contribution in [0.3, 0.4) is 0 Å². The van der Waals surface area contributed by atoms with Crippen LogP contribution in [0.5, 0.6) is 0 Å². The number of nitrogens with zero attached hydrogens (tertiary/aromatic N) is 1. The van der Waals surface area contributed by atoms with Crippen LogP contribution in [0.25, 0.3) is 0 Å². The second-order valence-electron chi connectivity index (χ2n) is 3.75. The molecule has 0 N–H and O–H groups in total. The molecule has 0 unspecified atom stereocenters. The van der Waals surface area contributed by atoms with Gasteiger partial charge in [0, 0.05) is 23.3 Å². The Kier molecular flexibility index (Phi) is 5.83. The van der Waals surface area contributed by atoms with E-state index in [1.165, 1.54) is 31.4 Å². The van der Waals surface area contributed by atoms with Gasteiger partial charge in [0.15, 0.2) is 6.61 Å². The minimum absolute atomic E-state index is 0.719. The molecule has 0 atom stereocenters. The minimum Gasteiger partial charge on any atom is -0.271 e. The number of hydrogen-bond donors (Lipinski definition) is 0. The number of pyridine rings is 1. The van der Waals surface area contributed by atoms with E-state index in [0.29, 0.717) is 0 Å². The molecule has 0 aromatic carbocycles. The summed E-state index contributed by atoms with van der Waals surface area (Å²) < 4.78 is 1.89. The maximum absolute atomic E-state index is 5.51. The highest BCUT2D eigenvalue weighted by atomic mass is 16.7. The van der Waals surface area contributed by atoms with Crippen molar-refractivity contribution in [1.82, 2.24) is 0 Å². The highest BCUT2D eigenvalue weighted by Crippen LogP contribution is 2.03.